The molecule has 0 amide bonds. The number of carboxylic acid groups (broad SMARTS) is 1. The monoisotopic (exact) mass is 599 g/mol. The van der Waals surface area contributed by atoms with Crippen molar-refractivity contribution >= 4 is 28.6 Å². The Balaban J connectivity index is 1.48. The van der Waals surface area contributed by atoms with Crippen LogP contribution in [0, 0.1) is 11.3 Å². The summed E-state index contributed by atoms with van der Waals surface area (Å²) in [6.45, 7) is 0.794. The van der Waals surface area contributed by atoms with Gasteiger partial charge in [-0.3, -0.25) is 10.1 Å². The second-order valence-electron chi connectivity index (χ2n) is 9.84. The maximum atomic E-state index is 11.8. The number of aliphatic hydroxyl groups is 1. The Morgan fingerprint density at radius 2 is 1.81 bits per heavy atom. The van der Waals surface area contributed by atoms with Crippen molar-refractivity contribution in [3.05, 3.63) is 100 Å². The van der Waals surface area contributed by atoms with Crippen molar-refractivity contribution < 1.29 is 29.1 Å². The van der Waals surface area contributed by atoms with E-state index in [2.05, 4.69) is 20.6 Å². The standard InChI is InChI=1S/C31H26ClN5O6/c1-31(18-38,30(39)40)35-15-24-25(41-16-19-10-11-34-22(12-19)14-33)13-26(29-28(24)36-43-37-29)42-17-21-8-5-9-23(27(21)32)20-6-3-2-4-7-20/h2-13,35,38H,15-18H2,1H3,(H,39,40). The lowest BCUT2D eigenvalue weighted by atomic mass is 10.0. The number of aromatic nitrogens is 3. The van der Waals surface area contributed by atoms with Crippen LogP contribution in [0.3, 0.4) is 0 Å². The Bertz CT molecular complexity index is 1810. The van der Waals surface area contributed by atoms with Gasteiger partial charge in [-0.25, -0.2) is 9.61 Å². The molecule has 12 heteroatoms. The number of aliphatic carboxylic acids is 1. The molecule has 1 atom stereocenters. The van der Waals surface area contributed by atoms with Gasteiger partial charge in [-0.1, -0.05) is 60.1 Å². The van der Waals surface area contributed by atoms with Crippen molar-refractivity contribution in [2.75, 3.05) is 6.61 Å². The van der Waals surface area contributed by atoms with Crippen LogP contribution >= 0.6 is 11.6 Å². The summed E-state index contributed by atoms with van der Waals surface area (Å²) in [6.07, 6.45) is 1.51. The molecule has 0 aliphatic heterocycles. The Kier molecular flexibility index (Phi) is 8.82. The van der Waals surface area contributed by atoms with Crippen molar-refractivity contribution in [1.82, 2.24) is 20.6 Å². The molecule has 5 aromatic rings. The number of rotatable bonds is 12. The van der Waals surface area contributed by atoms with Crippen LogP contribution in [0.15, 0.2) is 77.6 Å². The molecule has 11 nitrogen and oxygen atoms in total. The first-order chi connectivity index (χ1) is 20.8. The van der Waals surface area contributed by atoms with E-state index in [0.717, 1.165) is 16.7 Å². The van der Waals surface area contributed by atoms with Crippen LogP contribution in [0.1, 0.15) is 29.3 Å². The third-order valence-electron chi connectivity index (χ3n) is 6.89. The summed E-state index contributed by atoms with van der Waals surface area (Å²) >= 11 is 6.77. The van der Waals surface area contributed by atoms with Crippen LogP contribution in [-0.4, -0.2) is 43.6 Å². The lowest BCUT2D eigenvalue weighted by Crippen LogP contribution is -2.52. The van der Waals surface area contributed by atoms with E-state index in [0.29, 0.717) is 27.6 Å². The average Bonchev–Trinajstić information content (AvgIpc) is 3.53. The van der Waals surface area contributed by atoms with Crippen molar-refractivity contribution in [2.45, 2.75) is 32.2 Å². The normalized spacial score (nSPS) is 12.4. The molecule has 0 radical (unpaired) electrons. The molecule has 0 spiro atoms. The molecule has 2 heterocycles. The lowest BCUT2D eigenvalue weighted by Gasteiger charge is -2.24. The van der Waals surface area contributed by atoms with Gasteiger partial charge in [0.25, 0.3) is 0 Å². The second kappa shape index (κ2) is 12.9. The molecular formula is C31H26ClN5O6. The highest BCUT2D eigenvalue weighted by Crippen LogP contribution is 2.37. The first-order valence-electron chi connectivity index (χ1n) is 13.1. The molecule has 0 bridgehead atoms. The molecule has 2 aromatic heterocycles. The van der Waals surface area contributed by atoms with Gasteiger partial charge in [-0.2, -0.15) is 5.26 Å². The van der Waals surface area contributed by atoms with Gasteiger partial charge < -0.3 is 19.7 Å². The Labute approximate surface area is 251 Å². The molecule has 0 saturated carbocycles. The minimum Gasteiger partial charge on any atom is -0.488 e. The number of hydrogen-bond acceptors (Lipinski definition) is 10. The summed E-state index contributed by atoms with van der Waals surface area (Å²) in [5, 5.41) is 40.0. The molecule has 0 fully saturated rings. The fraction of sp³-hybridized carbons (Fsp3) is 0.194. The number of pyridine rings is 1. The van der Waals surface area contributed by atoms with Gasteiger partial charge in [0.15, 0.2) is 11.3 Å². The number of fused-ring (bicyclic) bond motifs is 1. The zero-order chi connectivity index (χ0) is 30.4. The Morgan fingerprint density at radius 3 is 2.56 bits per heavy atom. The largest absolute Gasteiger partial charge is 0.488 e. The highest BCUT2D eigenvalue weighted by atomic mass is 35.5. The van der Waals surface area contributed by atoms with E-state index >= 15 is 0 Å². The predicted octanol–water partition coefficient (Wildman–Crippen LogP) is 4.89. The molecular weight excluding hydrogens is 574 g/mol. The van der Waals surface area contributed by atoms with Crippen molar-refractivity contribution in [1.29, 1.82) is 5.26 Å². The van der Waals surface area contributed by atoms with Gasteiger partial charge in [0, 0.05) is 35.5 Å². The number of nitrogens with one attached hydrogen (secondary N) is 1. The van der Waals surface area contributed by atoms with Gasteiger partial charge >= 0.3 is 5.97 Å². The summed E-state index contributed by atoms with van der Waals surface area (Å²) < 4.78 is 17.4. The number of halogens is 1. The van der Waals surface area contributed by atoms with Crippen LogP contribution in [0.25, 0.3) is 22.2 Å². The van der Waals surface area contributed by atoms with Crippen molar-refractivity contribution in [3.8, 4) is 28.7 Å². The van der Waals surface area contributed by atoms with Crippen LogP contribution in [0.2, 0.25) is 5.02 Å². The summed E-state index contributed by atoms with van der Waals surface area (Å²) in [7, 11) is 0. The second-order valence-corrected chi connectivity index (χ2v) is 10.2. The highest BCUT2D eigenvalue weighted by molar-refractivity contribution is 6.34. The molecule has 5 rings (SSSR count). The van der Waals surface area contributed by atoms with Gasteiger partial charge in [-0.15, -0.1) is 0 Å². The minimum absolute atomic E-state index is 0.0571. The quantitative estimate of drug-likeness (QED) is 0.179. The summed E-state index contributed by atoms with van der Waals surface area (Å²) in [4.78, 5) is 15.8. The zero-order valence-corrected chi connectivity index (χ0v) is 23.7. The minimum atomic E-state index is -1.64. The fourth-order valence-electron chi connectivity index (χ4n) is 4.31. The Hall–Kier alpha value is -5.02. The molecule has 218 valence electrons. The van der Waals surface area contributed by atoms with Gasteiger partial charge in [0.05, 0.1) is 11.6 Å². The van der Waals surface area contributed by atoms with Crippen LogP contribution in [0.5, 0.6) is 11.5 Å². The van der Waals surface area contributed by atoms with E-state index in [-0.39, 0.29) is 36.5 Å². The third kappa shape index (κ3) is 6.42. The van der Waals surface area contributed by atoms with Crippen LogP contribution in [-0.2, 0) is 24.6 Å². The third-order valence-corrected chi connectivity index (χ3v) is 7.34. The zero-order valence-electron chi connectivity index (χ0n) is 23.0. The van der Waals surface area contributed by atoms with Crippen LogP contribution < -0.4 is 14.8 Å². The number of carbonyl (C=O) groups is 1. The fourth-order valence-corrected chi connectivity index (χ4v) is 4.60. The van der Waals surface area contributed by atoms with Crippen molar-refractivity contribution in [2.24, 2.45) is 0 Å². The number of ether oxygens (including phenoxy) is 2. The van der Waals surface area contributed by atoms with E-state index in [9.17, 15) is 20.3 Å². The topological polar surface area (TPSA) is 164 Å². The highest BCUT2D eigenvalue weighted by Gasteiger charge is 2.33. The number of benzene rings is 3. The number of aliphatic hydroxyl groups excluding tert-OH is 1. The number of nitriles is 1. The average molecular weight is 600 g/mol. The first kappa shape index (κ1) is 29.5. The molecule has 1 unspecified atom stereocenters. The Morgan fingerprint density at radius 1 is 1.05 bits per heavy atom. The van der Waals surface area contributed by atoms with Gasteiger partial charge in [0.2, 0.25) is 0 Å². The van der Waals surface area contributed by atoms with Crippen LogP contribution in [0.4, 0.5) is 0 Å². The number of hydrogen-bond donors (Lipinski definition) is 3. The molecule has 0 saturated heterocycles. The smallest absolute Gasteiger partial charge is 0.326 e. The molecule has 0 aliphatic rings. The van der Waals surface area contributed by atoms with E-state index in [1.165, 1.54) is 13.1 Å². The van der Waals surface area contributed by atoms with Gasteiger partial charge in [0.1, 0.15) is 41.8 Å². The maximum Gasteiger partial charge on any atom is 0.326 e. The number of carboxylic acids is 1. The van der Waals surface area contributed by atoms with E-state index in [1.54, 1.807) is 18.2 Å². The van der Waals surface area contributed by atoms with E-state index in [1.807, 2.05) is 54.6 Å². The molecule has 43 heavy (non-hydrogen) atoms. The maximum absolute atomic E-state index is 11.8. The first-order valence-corrected chi connectivity index (χ1v) is 13.5. The lowest BCUT2D eigenvalue weighted by molar-refractivity contribution is -0.145. The molecule has 3 N–H and O–H groups in total. The molecule has 0 aliphatic carbocycles. The van der Waals surface area contributed by atoms with E-state index < -0.39 is 18.1 Å². The number of nitrogens with zero attached hydrogens (tertiary/aromatic N) is 4. The summed E-state index contributed by atoms with van der Waals surface area (Å²) in [5.74, 6) is -0.634. The van der Waals surface area contributed by atoms with E-state index in [4.69, 9.17) is 25.7 Å². The summed E-state index contributed by atoms with van der Waals surface area (Å²) in [5.41, 5.74) is 2.85. The summed E-state index contributed by atoms with van der Waals surface area (Å²) in [6, 6.07) is 22.4. The van der Waals surface area contributed by atoms with Gasteiger partial charge in [-0.05, 0) is 40.5 Å². The van der Waals surface area contributed by atoms with Crippen molar-refractivity contribution in [3.63, 3.8) is 0 Å². The predicted molar refractivity (Wildman–Crippen MR) is 156 cm³/mol. The molecule has 3 aromatic carbocycles. The SMILES string of the molecule is CC(CO)(NCc1c(OCc2ccnc(C#N)c2)cc(OCc2cccc(-c3ccccc3)c2Cl)c2nonc12)C(=O)O.